The summed E-state index contributed by atoms with van der Waals surface area (Å²) in [4.78, 5) is 14.2. The van der Waals surface area contributed by atoms with E-state index in [4.69, 9.17) is 14.7 Å². The predicted molar refractivity (Wildman–Crippen MR) is 119 cm³/mol. The van der Waals surface area contributed by atoms with E-state index in [0.29, 0.717) is 37.1 Å². The third kappa shape index (κ3) is 4.60. The maximum absolute atomic E-state index is 13.2. The number of ether oxygens (including phenoxy) is 1. The van der Waals surface area contributed by atoms with E-state index in [1.54, 1.807) is 17.4 Å². The van der Waals surface area contributed by atoms with Crippen molar-refractivity contribution in [3.8, 4) is 0 Å². The Balaban J connectivity index is 1.56. The number of alkyl halides is 3. The SMILES string of the molecule is FC(F)(F)c1cccc(Nc2nc(CN3CCOCC3)nc3sc4c(c23)CCCCC4)c1. The van der Waals surface area contributed by atoms with Gasteiger partial charge in [0.05, 0.1) is 30.7 Å². The monoisotopic (exact) mass is 462 g/mol. The lowest BCUT2D eigenvalue weighted by atomic mass is 10.1. The Morgan fingerprint density at radius 2 is 1.88 bits per heavy atom. The Morgan fingerprint density at radius 3 is 2.69 bits per heavy atom. The van der Waals surface area contributed by atoms with Crippen LogP contribution in [0, 0.1) is 0 Å². The number of hydrogen-bond donors (Lipinski definition) is 1. The molecule has 0 radical (unpaired) electrons. The molecule has 0 atom stereocenters. The van der Waals surface area contributed by atoms with Gasteiger partial charge < -0.3 is 10.1 Å². The second-order valence-electron chi connectivity index (χ2n) is 8.33. The maximum atomic E-state index is 13.2. The second kappa shape index (κ2) is 8.96. The lowest BCUT2D eigenvalue weighted by Gasteiger charge is -2.25. The number of hydrogen-bond acceptors (Lipinski definition) is 6. The molecule has 0 bridgehead atoms. The molecule has 0 spiro atoms. The number of morpholine rings is 1. The van der Waals surface area contributed by atoms with E-state index in [9.17, 15) is 13.2 Å². The number of nitrogens with one attached hydrogen (secondary N) is 1. The van der Waals surface area contributed by atoms with E-state index in [1.165, 1.54) is 22.9 Å². The Hall–Kier alpha value is -2.23. The fourth-order valence-corrected chi connectivity index (χ4v) is 5.69. The number of anilines is 2. The van der Waals surface area contributed by atoms with Crippen LogP contribution < -0.4 is 5.32 Å². The van der Waals surface area contributed by atoms with Crippen LogP contribution in [-0.4, -0.2) is 41.2 Å². The molecule has 1 saturated heterocycles. The highest BCUT2D eigenvalue weighted by Gasteiger charge is 2.30. The molecular weight excluding hydrogens is 437 g/mol. The molecule has 9 heteroatoms. The number of benzene rings is 1. The maximum Gasteiger partial charge on any atom is 0.416 e. The summed E-state index contributed by atoms with van der Waals surface area (Å²) in [5, 5.41) is 4.17. The molecule has 0 unspecified atom stereocenters. The van der Waals surface area contributed by atoms with Gasteiger partial charge in [-0.25, -0.2) is 9.97 Å². The van der Waals surface area contributed by atoms with Crippen LogP contribution in [0.4, 0.5) is 24.7 Å². The predicted octanol–water partition coefficient (Wildman–Crippen LogP) is 5.55. The van der Waals surface area contributed by atoms with Crippen LogP contribution in [0.5, 0.6) is 0 Å². The molecule has 0 amide bonds. The van der Waals surface area contributed by atoms with E-state index in [1.807, 2.05) is 0 Å². The minimum absolute atomic E-state index is 0.380. The Kier molecular flexibility index (Phi) is 6.05. The van der Waals surface area contributed by atoms with Crippen LogP contribution in [0.2, 0.25) is 0 Å². The lowest BCUT2D eigenvalue weighted by Crippen LogP contribution is -2.36. The van der Waals surface area contributed by atoms with E-state index >= 15 is 0 Å². The summed E-state index contributed by atoms with van der Waals surface area (Å²) in [6.07, 6.45) is 1.05. The second-order valence-corrected chi connectivity index (χ2v) is 9.41. The highest BCUT2D eigenvalue weighted by Crippen LogP contribution is 2.39. The van der Waals surface area contributed by atoms with Gasteiger partial charge in [0, 0.05) is 23.7 Å². The van der Waals surface area contributed by atoms with Gasteiger partial charge in [-0.1, -0.05) is 12.5 Å². The number of halogens is 3. The van der Waals surface area contributed by atoms with Crippen LogP contribution in [0.15, 0.2) is 24.3 Å². The number of nitrogens with zero attached hydrogens (tertiary/aromatic N) is 3. The third-order valence-electron chi connectivity index (χ3n) is 6.03. The summed E-state index contributed by atoms with van der Waals surface area (Å²) in [6, 6.07) is 5.30. The first-order valence-electron chi connectivity index (χ1n) is 11.0. The molecular formula is C23H25F3N4OS. The molecule has 5 rings (SSSR count). The van der Waals surface area contributed by atoms with Gasteiger partial charge in [-0.3, -0.25) is 4.90 Å². The third-order valence-corrected chi connectivity index (χ3v) is 7.22. The average Bonchev–Trinajstić information content (AvgIpc) is 2.95. The summed E-state index contributed by atoms with van der Waals surface area (Å²) in [6.45, 7) is 3.60. The van der Waals surface area contributed by atoms with E-state index in [0.717, 1.165) is 61.1 Å². The molecule has 0 saturated carbocycles. The normalized spacial score (nSPS) is 17.8. The summed E-state index contributed by atoms with van der Waals surface area (Å²) < 4.78 is 45.1. The molecule has 5 nitrogen and oxygen atoms in total. The lowest BCUT2D eigenvalue weighted by molar-refractivity contribution is -0.137. The summed E-state index contributed by atoms with van der Waals surface area (Å²) >= 11 is 1.71. The molecule has 2 aromatic heterocycles. The van der Waals surface area contributed by atoms with Crippen LogP contribution >= 0.6 is 11.3 Å². The number of thiophene rings is 1. The summed E-state index contributed by atoms with van der Waals surface area (Å²) in [7, 11) is 0. The molecule has 1 aliphatic carbocycles. The van der Waals surface area contributed by atoms with Crippen LogP contribution in [0.25, 0.3) is 10.2 Å². The Morgan fingerprint density at radius 1 is 1.06 bits per heavy atom. The van der Waals surface area contributed by atoms with E-state index < -0.39 is 11.7 Å². The summed E-state index contributed by atoms with van der Waals surface area (Å²) in [5.41, 5.74) is 0.964. The first-order chi connectivity index (χ1) is 15.5. The molecule has 1 aromatic carbocycles. The van der Waals surface area contributed by atoms with Crippen LogP contribution in [-0.2, 0) is 30.3 Å². The Labute approximate surface area is 188 Å². The van der Waals surface area contributed by atoms with E-state index in [2.05, 4.69) is 10.2 Å². The van der Waals surface area contributed by atoms with Crippen molar-refractivity contribution in [2.24, 2.45) is 0 Å². The average molecular weight is 463 g/mol. The minimum Gasteiger partial charge on any atom is -0.379 e. The van der Waals surface area contributed by atoms with Gasteiger partial charge in [-0.2, -0.15) is 13.2 Å². The molecule has 1 N–H and O–H groups in total. The van der Waals surface area contributed by atoms with Crippen molar-refractivity contribution in [3.63, 3.8) is 0 Å². The van der Waals surface area contributed by atoms with Crippen molar-refractivity contribution in [1.29, 1.82) is 0 Å². The van der Waals surface area contributed by atoms with Gasteiger partial charge >= 0.3 is 6.18 Å². The molecule has 170 valence electrons. The van der Waals surface area contributed by atoms with Crippen molar-refractivity contribution < 1.29 is 17.9 Å². The van der Waals surface area contributed by atoms with Gasteiger partial charge in [0.2, 0.25) is 0 Å². The van der Waals surface area contributed by atoms with Crippen molar-refractivity contribution in [1.82, 2.24) is 14.9 Å². The van der Waals surface area contributed by atoms with Gasteiger partial charge in [-0.15, -0.1) is 11.3 Å². The Bertz CT molecular complexity index is 1110. The first kappa shape index (κ1) is 21.6. The largest absolute Gasteiger partial charge is 0.416 e. The molecule has 3 aromatic rings. The first-order valence-corrected chi connectivity index (χ1v) is 11.8. The molecule has 1 fully saturated rings. The van der Waals surface area contributed by atoms with Crippen LogP contribution in [0.3, 0.4) is 0 Å². The smallest absolute Gasteiger partial charge is 0.379 e. The molecule has 32 heavy (non-hydrogen) atoms. The number of aromatic nitrogens is 2. The zero-order valence-corrected chi connectivity index (χ0v) is 18.5. The van der Waals surface area contributed by atoms with Gasteiger partial charge in [0.25, 0.3) is 0 Å². The van der Waals surface area contributed by atoms with Crippen molar-refractivity contribution in [2.75, 3.05) is 31.6 Å². The highest BCUT2D eigenvalue weighted by molar-refractivity contribution is 7.19. The van der Waals surface area contributed by atoms with E-state index in [-0.39, 0.29) is 0 Å². The number of rotatable bonds is 4. The standard InChI is InChI=1S/C23H25F3N4OS/c24-23(25,26)15-5-4-6-16(13-15)27-21-20-17-7-2-1-3-8-18(17)32-22(20)29-19(28-21)14-30-9-11-31-12-10-30/h4-6,13H,1-3,7-12,14H2,(H,27,28,29). The van der Waals surface area contributed by atoms with Crippen LogP contribution in [0.1, 0.15) is 41.1 Å². The molecule has 1 aliphatic heterocycles. The van der Waals surface area contributed by atoms with Gasteiger partial charge in [0.15, 0.2) is 0 Å². The topological polar surface area (TPSA) is 50.3 Å². The fraction of sp³-hybridized carbons (Fsp3) is 0.478. The quantitative estimate of drug-likeness (QED) is 0.515. The van der Waals surface area contributed by atoms with Crippen molar-refractivity contribution in [2.45, 2.75) is 44.8 Å². The number of fused-ring (bicyclic) bond motifs is 3. The fourth-order valence-electron chi connectivity index (χ4n) is 4.41. The zero-order valence-electron chi connectivity index (χ0n) is 17.7. The zero-order chi connectivity index (χ0) is 22.1. The molecule has 3 heterocycles. The molecule has 2 aliphatic rings. The number of aryl methyl sites for hydroxylation is 2. The minimum atomic E-state index is -4.39. The van der Waals surface area contributed by atoms with Gasteiger partial charge in [0.1, 0.15) is 16.5 Å². The summed E-state index contributed by atoms with van der Waals surface area (Å²) in [5.74, 6) is 1.29. The van der Waals surface area contributed by atoms with Crippen molar-refractivity contribution in [3.05, 3.63) is 46.1 Å². The van der Waals surface area contributed by atoms with Crippen molar-refractivity contribution >= 4 is 33.1 Å². The van der Waals surface area contributed by atoms with Gasteiger partial charge in [-0.05, 0) is 49.4 Å². The highest BCUT2D eigenvalue weighted by atomic mass is 32.1.